The maximum absolute atomic E-state index is 12.5. The fourth-order valence-corrected chi connectivity index (χ4v) is 2.28. The normalized spacial score (nSPS) is 10.8. The number of nitrogens with one attached hydrogen (secondary N) is 2. The molecular weight excluding hydrogens is 284 g/mol. The van der Waals surface area contributed by atoms with Crippen LogP contribution in [0.1, 0.15) is 28.9 Å². The maximum Gasteiger partial charge on any atom is 0.276 e. The second kappa shape index (κ2) is 5.44. The van der Waals surface area contributed by atoms with Crippen LogP contribution in [0, 0.1) is 6.92 Å². The summed E-state index contributed by atoms with van der Waals surface area (Å²) in [7, 11) is 0. The molecule has 22 heavy (non-hydrogen) atoms. The highest BCUT2D eigenvalue weighted by atomic mass is 16.5. The zero-order valence-electron chi connectivity index (χ0n) is 12.1. The number of amides is 1. The first kappa shape index (κ1) is 14.0. The summed E-state index contributed by atoms with van der Waals surface area (Å²) in [5.74, 6) is 0.104. The van der Waals surface area contributed by atoms with Gasteiger partial charge in [-0.05, 0) is 19.4 Å². The summed E-state index contributed by atoms with van der Waals surface area (Å²) in [6.07, 6.45) is 0.632. The molecule has 3 aromatic rings. The average Bonchev–Trinajstić information content (AvgIpc) is 2.88. The molecule has 7 heteroatoms. The van der Waals surface area contributed by atoms with E-state index in [9.17, 15) is 9.59 Å². The molecule has 0 atom stereocenters. The summed E-state index contributed by atoms with van der Waals surface area (Å²) in [6, 6.07) is 6.82. The Hall–Kier alpha value is -2.96. The van der Waals surface area contributed by atoms with Crippen molar-refractivity contribution in [3.63, 3.8) is 0 Å². The first-order valence-electron chi connectivity index (χ1n) is 6.85. The Morgan fingerprint density at radius 1 is 1.32 bits per heavy atom. The van der Waals surface area contributed by atoms with E-state index >= 15 is 0 Å². The summed E-state index contributed by atoms with van der Waals surface area (Å²) in [5, 5.41) is 13.8. The number of H-pyrrole nitrogens is 1. The van der Waals surface area contributed by atoms with Crippen LogP contribution in [0.2, 0.25) is 0 Å². The van der Waals surface area contributed by atoms with Gasteiger partial charge in [0.1, 0.15) is 11.4 Å². The largest absolute Gasteiger partial charge is 0.359 e. The molecule has 0 saturated heterocycles. The van der Waals surface area contributed by atoms with Gasteiger partial charge in [0, 0.05) is 5.39 Å². The van der Waals surface area contributed by atoms with Crippen molar-refractivity contribution in [2.24, 2.45) is 0 Å². The molecule has 1 aromatic carbocycles. The third-order valence-corrected chi connectivity index (χ3v) is 3.42. The van der Waals surface area contributed by atoms with E-state index in [2.05, 4.69) is 20.7 Å². The summed E-state index contributed by atoms with van der Waals surface area (Å²) >= 11 is 0. The number of aromatic nitrogens is 3. The van der Waals surface area contributed by atoms with Crippen molar-refractivity contribution in [3.8, 4) is 0 Å². The van der Waals surface area contributed by atoms with E-state index in [1.54, 1.807) is 31.2 Å². The van der Waals surface area contributed by atoms with Gasteiger partial charge in [0.15, 0.2) is 11.5 Å². The van der Waals surface area contributed by atoms with Gasteiger partial charge in [0.2, 0.25) is 0 Å². The molecule has 2 N–H and O–H groups in total. The van der Waals surface area contributed by atoms with Crippen molar-refractivity contribution in [1.29, 1.82) is 0 Å². The molecule has 0 aliphatic heterocycles. The monoisotopic (exact) mass is 298 g/mol. The number of rotatable bonds is 3. The molecule has 7 nitrogen and oxygen atoms in total. The van der Waals surface area contributed by atoms with Gasteiger partial charge < -0.3 is 9.84 Å². The Kier molecular flexibility index (Phi) is 3.46. The van der Waals surface area contributed by atoms with Crippen molar-refractivity contribution in [1.82, 2.24) is 15.4 Å². The Morgan fingerprint density at radius 2 is 2.05 bits per heavy atom. The lowest BCUT2D eigenvalue weighted by Crippen LogP contribution is -2.19. The van der Waals surface area contributed by atoms with Crippen molar-refractivity contribution in [2.75, 3.05) is 5.32 Å². The number of hydrogen-bond acceptors (Lipinski definition) is 5. The van der Waals surface area contributed by atoms with Crippen LogP contribution in [0.3, 0.4) is 0 Å². The number of aryl methyl sites for hydroxylation is 2. The fraction of sp³-hybridized carbons (Fsp3) is 0.200. The predicted octanol–water partition coefficient (Wildman–Crippen LogP) is 2.03. The first-order chi connectivity index (χ1) is 10.6. The standard InChI is InChI=1S/C15H14N4O3/c1-3-11-12(8(2)22-19-11)16-15(21)13-9-6-4-5-7-10(9)14(20)18-17-13/h4-7H,3H2,1-2H3,(H,16,21)(H,18,20). The average molecular weight is 298 g/mol. The molecule has 0 aliphatic rings. The number of benzene rings is 1. The van der Waals surface area contributed by atoms with E-state index in [4.69, 9.17) is 4.52 Å². The zero-order valence-corrected chi connectivity index (χ0v) is 12.1. The fourth-order valence-electron chi connectivity index (χ4n) is 2.28. The zero-order chi connectivity index (χ0) is 15.7. The summed E-state index contributed by atoms with van der Waals surface area (Å²) < 4.78 is 5.09. The maximum atomic E-state index is 12.5. The SMILES string of the molecule is CCc1noc(C)c1NC(=O)c1n[nH]c(=O)c2ccccc12. The van der Waals surface area contributed by atoms with Gasteiger partial charge in [0.05, 0.1) is 5.39 Å². The van der Waals surface area contributed by atoms with E-state index in [-0.39, 0.29) is 11.3 Å². The van der Waals surface area contributed by atoms with E-state index in [0.29, 0.717) is 34.3 Å². The van der Waals surface area contributed by atoms with Gasteiger partial charge in [-0.3, -0.25) is 9.59 Å². The van der Waals surface area contributed by atoms with Crippen LogP contribution in [-0.2, 0) is 6.42 Å². The van der Waals surface area contributed by atoms with Gasteiger partial charge in [-0.25, -0.2) is 5.10 Å². The molecule has 0 saturated carbocycles. The Labute approximate surface area is 125 Å². The molecule has 0 aliphatic carbocycles. The number of aromatic amines is 1. The summed E-state index contributed by atoms with van der Waals surface area (Å²) in [5.41, 5.74) is 1.03. The predicted molar refractivity (Wildman–Crippen MR) is 80.9 cm³/mol. The number of fused-ring (bicyclic) bond motifs is 1. The van der Waals surface area contributed by atoms with Gasteiger partial charge in [-0.1, -0.05) is 30.3 Å². The molecular formula is C15H14N4O3. The van der Waals surface area contributed by atoms with Crippen molar-refractivity contribution >= 4 is 22.4 Å². The topological polar surface area (TPSA) is 101 Å². The number of anilines is 1. The van der Waals surface area contributed by atoms with Gasteiger partial charge in [-0.15, -0.1) is 0 Å². The van der Waals surface area contributed by atoms with Crippen LogP contribution in [0.25, 0.3) is 10.8 Å². The molecule has 112 valence electrons. The lowest BCUT2D eigenvalue weighted by atomic mass is 10.1. The lowest BCUT2D eigenvalue weighted by molar-refractivity contribution is 0.102. The van der Waals surface area contributed by atoms with E-state index in [0.717, 1.165) is 0 Å². The third kappa shape index (κ3) is 2.26. The Bertz CT molecular complexity index is 911. The highest BCUT2D eigenvalue weighted by Crippen LogP contribution is 2.22. The van der Waals surface area contributed by atoms with Crippen LogP contribution >= 0.6 is 0 Å². The summed E-state index contributed by atoms with van der Waals surface area (Å²) in [6.45, 7) is 3.64. The van der Waals surface area contributed by atoms with Crippen LogP contribution in [0.4, 0.5) is 5.69 Å². The highest BCUT2D eigenvalue weighted by Gasteiger charge is 2.18. The van der Waals surface area contributed by atoms with Gasteiger partial charge in [-0.2, -0.15) is 5.10 Å². The van der Waals surface area contributed by atoms with Crippen LogP contribution < -0.4 is 10.9 Å². The van der Waals surface area contributed by atoms with E-state index in [1.807, 2.05) is 6.92 Å². The number of carbonyl (C=O) groups excluding carboxylic acids is 1. The number of carbonyl (C=O) groups is 1. The second-order valence-corrected chi connectivity index (χ2v) is 4.82. The van der Waals surface area contributed by atoms with Crippen molar-refractivity contribution in [2.45, 2.75) is 20.3 Å². The number of nitrogens with zero attached hydrogens (tertiary/aromatic N) is 2. The van der Waals surface area contributed by atoms with Crippen molar-refractivity contribution < 1.29 is 9.32 Å². The Morgan fingerprint density at radius 3 is 2.77 bits per heavy atom. The smallest absolute Gasteiger partial charge is 0.276 e. The molecule has 0 spiro atoms. The van der Waals surface area contributed by atoms with E-state index in [1.165, 1.54) is 0 Å². The van der Waals surface area contributed by atoms with E-state index < -0.39 is 5.91 Å². The summed E-state index contributed by atoms with van der Waals surface area (Å²) in [4.78, 5) is 24.2. The second-order valence-electron chi connectivity index (χ2n) is 4.82. The molecule has 0 fully saturated rings. The minimum atomic E-state index is -0.423. The van der Waals surface area contributed by atoms with Crippen LogP contribution in [-0.4, -0.2) is 21.3 Å². The minimum Gasteiger partial charge on any atom is -0.359 e. The quantitative estimate of drug-likeness (QED) is 0.770. The van der Waals surface area contributed by atoms with Gasteiger partial charge in [0.25, 0.3) is 11.5 Å². The Balaban J connectivity index is 2.05. The molecule has 0 radical (unpaired) electrons. The van der Waals surface area contributed by atoms with Crippen LogP contribution in [0.15, 0.2) is 33.6 Å². The minimum absolute atomic E-state index is 0.151. The van der Waals surface area contributed by atoms with Crippen LogP contribution in [0.5, 0.6) is 0 Å². The van der Waals surface area contributed by atoms with Gasteiger partial charge >= 0.3 is 0 Å². The molecule has 2 heterocycles. The third-order valence-electron chi connectivity index (χ3n) is 3.42. The lowest BCUT2D eigenvalue weighted by Gasteiger charge is -2.06. The molecule has 0 unspecified atom stereocenters. The molecule has 1 amide bonds. The molecule has 2 aromatic heterocycles. The first-order valence-corrected chi connectivity index (χ1v) is 6.85. The van der Waals surface area contributed by atoms with Crippen molar-refractivity contribution in [3.05, 3.63) is 51.8 Å². The highest BCUT2D eigenvalue weighted by molar-refractivity contribution is 6.11. The molecule has 3 rings (SSSR count). The number of hydrogen-bond donors (Lipinski definition) is 2. The molecule has 0 bridgehead atoms.